The molecule has 0 saturated carbocycles. The van der Waals surface area contributed by atoms with Gasteiger partial charge >= 0.3 is 5.97 Å². The molecule has 2 N–H and O–H groups in total. The Hall–Kier alpha value is -1.10. The van der Waals surface area contributed by atoms with Gasteiger partial charge in [-0.2, -0.15) is 0 Å². The van der Waals surface area contributed by atoms with Crippen molar-refractivity contribution in [2.45, 2.75) is 38.6 Å². The highest BCUT2D eigenvalue weighted by Crippen LogP contribution is 2.19. The lowest BCUT2D eigenvalue weighted by molar-refractivity contribution is -0.138. The van der Waals surface area contributed by atoms with Crippen LogP contribution in [0.4, 0.5) is 0 Å². The second kappa shape index (κ2) is 6.48. The van der Waals surface area contributed by atoms with Crippen LogP contribution in [0.25, 0.3) is 0 Å². The van der Waals surface area contributed by atoms with Crippen LogP contribution in [-0.4, -0.2) is 47.6 Å². The first-order valence-electron chi connectivity index (χ1n) is 5.86. The number of hydrogen-bond donors (Lipinski definition) is 2. The zero-order valence-corrected chi connectivity index (χ0v) is 9.74. The fraction of sp³-hybridized carbons (Fsp3) is 0.818. The van der Waals surface area contributed by atoms with E-state index >= 15 is 0 Å². The summed E-state index contributed by atoms with van der Waals surface area (Å²) in [6.07, 6.45) is 2.93. The number of rotatable bonds is 6. The molecule has 0 aromatic rings. The van der Waals surface area contributed by atoms with Crippen LogP contribution in [0.3, 0.4) is 0 Å². The van der Waals surface area contributed by atoms with E-state index in [0.717, 1.165) is 25.8 Å². The maximum atomic E-state index is 11.5. The highest BCUT2D eigenvalue weighted by Gasteiger charge is 2.27. The molecule has 16 heavy (non-hydrogen) atoms. The first-order chi connectivity index (χ1) is 7.63. The molecule has 92 valence electrons. The zero-order chi connectivity index (χ0) is 12.0. The van der Waals surface area contributed by atoms with Crippen molar-refractivity contribution in [2.75, 3.05) is 19.6 Å². The number of nitrogens with one attached hydrogen (secondary N) is 1. The first-order valence-corrected chi connectivity index (χ1v) is 5.86. The van der Waals surface area contributed by atoms with Crippen molar-refractivity contribution >= 4 is 11.9 Å². The van der Waals surface area contributed by atoms with Gasteiger partial charge in [-0.1, -0.05) is 6.92 Å². The van der Waals surface area contributed by atoms with Gasteiger partial charge < -0.3 is 10.4 Å². The minimum Gasteiger partial charge on any atom is -0.481 e. The van der Waals surface area contributed by atoms with E-state index in [9.17, 15) is 9.59 Å². The van der Waals surface area contributed by atoms with Gasteiger partial charge in [0.25, 0.3) is 0 Å². The Morgan fingerprint density at radius 3 is 2.88 bits per heavy atom. The van der Waals surface area contributed by atoms with Gasteiger partial charge in [-0.3, -0.25) is 14.5 Å². The number of aliphatic carboxylic acids is 1. The molecule has 0 aromatic carbocycles. The molecule has 0 spiro atoms. The lowest BCUT2D eigenvalue weighted by Gasteiger charge is -2.22. The van der Waals surface area contributed by atoms with Crippen molar-refractivity contribution in [1.29, 1.82) is 0 Å². The number of amides is 1. The molecule has 5 heteroatoms. The van der Waals surface area contributed by atoms with Gasteiger partial charge in [0.05, 0.1) is 13.0 Å². The van der Waals surface area contributed by atoms with Crippen molar-refractivity contribution in [3.8, 4) is 0 Å². The van der Waals surface area contributed by atoms with Crippen molar-refractivity contribution in [3.05, 3.63) is 0 Å². The maximum Gasteiger partial charge on any atom is 0.304 e. The Morgan fingerprint density at radius 1 is 1.50 bits per heavy atom. The molecular formula is C11H20N2O3. The van der Waals surface area contributed by atoms with Crippen LogP contribution in [0.2, 0.25) is 0 Å². The van der Waals surface area contributed by atoms with E-state index in [4.69, 9.17) is 5.11 Å². The lowest BCUT2D eigenvalue weighted by atomic mass is 10.1. The standard InChI is InChI=1S/C11H20N2O3/c1-2-5-12-10(14)8-13-6-3-4-9(13)7-11(15)16/h9H,2-8H2,1H3,(H,12,14)(H,15,16). The summed E-state index contributed by atoms with van der Waals surface area (Å²) < 4.78 is 0. The Kier molecular flexibility index (Phi) is 5.25. The van der Waals surface area contributed by atoms with E-state index in [2.05, 4.69) is 5.32 Å². The third-order valence-corrected chi connectivity index (χ3v) is 2.83. The summed E-state index contributed by atoms with van der Waals surface area (Å²) in [5.41, 5.74) is 0. The van der Waals surface area contributed by atoms with Crippen LogP contribution in [-0.2, 0) is 9.59 Å². The predicted octanol–water partition coefficient (Wildman–Crippen LogP) is 0.452. The van der Waals surface area contributed by atoms with Crippen molar-refractivity contribution in [1.82, 2.24) is 10.2 Å². The quantitative estimate of drug-likeness (QED) is 0.692. The summed E-state index contributed by atoms with van der Waals surface area (Å²) in [5, 5.41) is 11.5. The lowest BCUT2D eigenvalue weighted by Crippen LogP contribution is -2.40. The summed E-state index contributed by atoms with van der Waals surface area (Å²) in [6, 6.07) is 0.0323. The molecule has 5 nitrogen and oxygen atoms in total. The average Bonchev–Trinajstić information content (AvgIpc) is 2.62. The molecule has 0 aliphatic carbocycles. The van der Waals surface area contributed by atoms with Gasteiger partial charge in [0.15, 0.2) is 0 Å². The molecule has 0 bridgehead atoms. The molecule has 1 heterocycles. The number of hydrogen-bond acceptors (Lipinski definition) is 3. The largest absolute Gasteiger partial charge is 0.481 e. The Balaban J connectivity index is 2.34. The fourth-order valence-corrected chi connectivity index (χ4v) is 2.04. The van der Waals surface area contributed by atoms with Crippen LogP contribution >= 0.6 is 0 Å². The first kappa shape index (κ1) is 13.0. The van der Waals surface area contributed by atoms with Gasteiger partial charge in [-0.25, -0.2) is 0 Å². The number of carbonyl (C=O) groups is 2. The molecule has 1 rings (SSSR count). The van der Waals surface area contributed by atoms with Crippen molar-refractivity contribution < 1.29 is 14.7 Å². The molecule has 1 atom stereocenters. The van der Waals surface area contributed by atoms with E-state index in [-0.39, 0.29) is 18.4 Å². The second-order valence-electron chi connectivity index (χ2n) is 4.21. The predicted molar refractivity (Wildman–Crippen MR) is 60.1 cm³/mol. The number of carbonyl (C=O) groups excluding carboxylic acids is 1. The maximum absolute atomic E-state index is 11.5. The zero-order valence-electron chi connectivity index (χ0n) is 9.74. The van der Waals surface area contributed by atoms with E-state index in [1.54, 1.807) is 0 Å². The van der Waals surface area contributed by atoms with Crippen LogP contribution in [0.15, 0.2) is 0 Å². The molecule has 1 amide bonds. The van der Waals surface area contributed by atoms with Gasteiger partial charge in [-0.05, 0) is 25.8 Å². The summed E-state index contributed by atoms with van der Waals surface area (Å²) in [4.78, 5) is 24.1. The summed E-state index contributed by atoms with van der Waals surface area (Å²) in [6.45, 7) is 3.86. The molecule has 1 aliphatic heterocycles. The van der Waals surface area contributed by atoms with E-state index in [0.29, 0.717) is 13.1 Å². The second-order valence-corrected chi connectivity index (χ2v) is 4.21. The van der Waals surface area contributed by atoms with Crippen LogP contribution in [0.1, 0.15) is 32.6 Å². The van der Waals surface area contributed by atoms with Gasteiger partial charge in [-0.15, -0.1) is 0 Å². The Bertz CT molecular complexity index is 256. The Morgan fingerprint density at radius 2 is 2.25 bits per heavy atom. The van der Waals surface area contributed by atoms with Crippen LogP contribution in [0, 0.1) is 0 Å². The number of likely N-dealkylation sites (tertiary alicyclic amines) is 1. The molecule has 1 fully saturated rings. The number of carboxylic acids is 1. The Labute approximate surface area is 95.8 Å². The van der Waals surface area contributed by atoms with Crippen molar-refractivity contribution in [2.24, 2.45) is 0 Å². The highest BCUT2D eigenvalue weighted by atomic mass is 16.4. The summed E-state index contributed by atoms with van der Waals surface area (Å²) >= 11 is 0. The van der Waals surface area contributed by atoms with Crippen LogP contribution < -0.4 is 5.32 Å². The van der Waals surface area contributed by atoms with Crippen molar-refractivity contribution in [3.63, 3.8) is 0 Å². The molecule has 1 unspecified atom stereocenters. The van der Waals surface area contributed by atoms with E-state index < -0.39 is 5.97 Å². The highest BCUT2D eigenvalue weighted by molar-refractivity contribution is 5.78. The van der Waals surface area contributed by atoms with E-state index in [1.807, 2.05) is 11.8 Å². The summed E-state index contributed by atoms with van der Waals surface area (Å²) in [7, 11) is 0. The number of carboxylic acid groups (broad SMARTS) is 1. The molecule has 1 aliphatic rings. The molecule has 0 radical (unpaired) electrons. The van der Waals surface area contributed by atoms with Gasteiger partial charge in [0.1, 0.15) is 0 Å². The third-order valence-electron chi connectivity index (χ3n) is 2.83. The molecule has 0 aromatic heterocycles. The normalized spacial score (nSPS) is 20.9. The minimum absolute atomic E-state index is 0.000797. The molecule has 1 saturated heterocycles. The van der Waals surface area contributed by atoms with Gasteiger partial charge in [0, 0.05) is 12.6 Å². The minimum atomic E-state index is -0.786. The molecular weight excluding hydrogens is 208 g/mol. The average molecular weight is 228 g/mol. The third kappa shape index (κ3) is 4.18. The van der Waals surface area contributed by atoms with Crippen LogP contribution in [0.5, 0.6) is 0 Å². The topological polar surface area (TPSA) is 69.6 Å². The smallest absolute Gasteiger partial charge is 0.304 e. The fourth-order valence-electron chi connectivity index (χ4n) is 2.04. The van der Waals surface area contributed by atoms with Gasteiger partial charge in [0.2, 0.25) is 5.91 Å². The number of nitrogens with zero attached hydrogens (tertiary/aromatic N) is 1. The monoisotopic (exact) mass is 228 g/mol. The van der Waals surface area contributed by atoms with E-state index in [1.165, 1.54) is 0 Å². The SMILES string of the molecule is CCCNC(=O)CN1CCCC1CC(=O)O. The summed E-state index contributed by atoms with van der Waals surface area (Å²) in [5.74, 6) is -0.787.